The fourth-order valence-corrected chi connectivity index (χ4v) is 9.15. The van der Waals surface area contributed by atoms with E-state index in [4.69, 9.17) is 0 Å². The molecule has 0 aromatic heterocycles. The minimum Gasteiger partial charge on any atom is -0.0622 e. The van der Waals surface area contributed by atoms with Gasteiger partial charge in [-0.1, -0.05) is 154 Å². The van der Waals surface area contributed by atoms with Crippen LogP contribution in [-0.2, 0) is 5.41 Å². The topological polar surface area (TPSA) is 0 Å². The number of benzene rings is 6. The zero-order chi connectivity index (χ0) is 29.0. The van der Waals surface area contributed by atoms with Gasteiger partial charge in [-0.2, -0.15) is 0 Å². The molecule has 6 aromatic rings. The van der Waals surface area contributed by atoms with Crippen LogP contribution in [0.2, 0.25) is 0 Å². The van der Waals surface area contributed by atoms with Crippen LogP contribution in [0.4, 0.5) is 0 Å². The van der Waals surface area contributed by atoms with Gasteiger partial charge in [-0.15, -0.1) is 0 Å². The highest BCUT2D eigenvalue weighted by molar-refractivity contribution is 9.11. The minimum absolute atomic E-state index is 0.538. The number of hydrogen-bond acceptors (Lipinski definition) is 0. The van der Waals surface area contributed by atoms with Crippen LogP contribution in [-0.4, -0.2) is 0 Å². The summed E-state index contributed by atoms with van der Waals surface area (Å²) in [4.78, 5) is 0. The Balaban J connectivity index is 1.60. The van der Waals surface area contributed by atoms with Crippen molar-refractivity contribution in [2.24, 2.45) is 0 Å². The van der Waals surface area contributed by atoms with Gasteiger partial charge in [0.2, 0.25) is 0 Å². The first kappa shape index (κ1) is 28.0. The van der Waals surface area contributed by atoms with Gasteiger partial charge in [0.1, 0.15) is 0 Å². The lowest BCUT2D eigenvalue weighted by Gasteiger charge is -2.34. The van der Waals surface area contributed by atoms with Crippen molar-refractivity contribution in [1.82, 2.24) is 0 Å². The highest BCUT2D eigenvalue weighted by Crippen LogP contribution is 2.59. The summed E-state index contributed by atoms with van der Waals surface area (Å²) in [6.45, 7) is 2.18. The average molecular weight is 800 g/mol. The molecule has 4 heteroatoms. The Morgan fingerprint density at radius 2 is 1.00 bits per heavy atom. The molecule has 0 saturated heterocycles. The first-order valence-corrected chi connectivity index (χ1v) is 16.9. The molecule has 1 aliphatic carbocycles. The van der Waals surface area contributed by atoms with Crippen molar-refractivity contribution in [1.29, 1.82) is 0 Å². The highest BCUT2D eigenvalue weighted by Gasteiger charge is 2.47. The van der Waals surface area contributed by atoms with Crippen LogP contribution in [0, 0.1) is 6.92 Å². The lowest BCUT2D eigenvalue weighted by Crippen LogP contribution is -2.29. The number of aryl methyl sites for hydroxylation is 1. The van der Waals surface area contributed by atoms with Gasteiger partial charge >= 0.3 is 0 Å². The molecule has 0 amide bonds. The maximum Gasteiger partial charge on any atom is 0.0715 e. The van der Waals surface area contributed by atoms with E-state index in [1.165, 1.54) is 61.2 Å². The second kappa shape index (κ2) is 11.1. The summed E-state index contributed by atoms with van der Waals surface area (Å²) < 4.78 is 4.14. The van der Waals surface area contributed by atoms with E-state index in [0.29, 0.717) is 0 Å². The van der Waals surface area contributed by atoms with E-state index < -0.39 is 5.41 Å². The van der Waals surface area contributed by atoms with E-state index in [9.17, 15) is 0 Å². The summed E-state index contributed by atoms with van der Waals surface area (Å²) in [5, 5.41) is 0. The third-order valence-electron chi connectivity index (χ3n) is 8.19. The second-order valence-corrected chi connectivity index (χ2v) is 14.5. The largest absolute Gasteiger partial charge is 0.0715 e. The molecule has 42 heavy (non-hydrogen) atoms. The fourth-order valence-electron chi connectivity index (χ4n) is 6.56. The van der Waals surface area contributed by atoms with Crippen LogP contribution in [0.3, 0.4) is 0 Å². The molecule has 0 unspecified atom stereocenters. The van der Waals surface area contributed by atoms with Crippen molar-refractivity contribution < 1.29 is 0 Å². The Kier molecular flexibility index (Phi) is 7.38. The smallest absolute Gasteiger partial charge is 0.0622 e. The second-order valence-electron chi connectivity index (χ2n) is 10.8. The SMILES string of the molecule is Cc1ccc2c(c1)-c1c(-c3cccc(-c4ccccc4)c3)cccc1C2(c1cc(Br)cc(Br)c1)c1cc(Br)cc(Br)c1. The van der Waals surface area contributed by atoms with Gasteiger partial charge in [0.05, 0.1) is 5.41 Å². The van der Waals surface area contributed by atoms with Gasteiger partial charge in [0.15, 0.2) is 0 Å². The molecule has 1 aliphatic rings. The summed E-state index contributed by atoms with van der Waals surface area (Å²) in [6, 6.07) is 46.6. The molecule has 0 radical (unpaired) electrons. The van der Waals surface area contributed by atoms with E-state index in [0.717, 1.165) is 17.9 Å². The quantitative estimate of drug-likeness (QED) is 0.166. The van der Waals surface area contributed by atoms with Crippen LogP contribution in [0.1, 0.15) is 27.8 Å². The van der Waals surface area contributed by atoms with Gasteiger partial charge in [0, 0.05) is 17.9 Å². The molecule has 0 saturated carbocycles. The van der Waals surface area contributed by atoms with Crippen molar-refractivity contribution in [3.63, 3.8) is 0 Å². The van der Waals surface area contributed by atoms with Crippen molar-refractivity contribution in [3.05, 3.63) is 173 Å². The maximum atomic E-state index is 3.81. The van der Waals surface area contributed by atoms with Crippen LogP contribution < -0.4 is 0 Å². The highest BCUT2D eigenvalue weighted by atomic mass is 79.9. The van der Waals surface area contributed by atoms with E-state index in [-0.39, 0.29) is 0 Å². The predicted molar refractivity (Wildman–Crippen MR) is 190 cm³/mol. The van der Waals surface area contributed by atoms with Gasteiger partial charge < -0.3 is 0 Å². The standard InChI is InChI=1S/C38H24Br4/c1-23-13-14-35-34(15-23)37-33(26-10-5-9-25(16-26)24-7-3-2-4-8-24)11-6-12-36(37)38(35,27-17-29(39)21-30(40)18-27)28-19-31(41)22-32(42)20-28/h2-22H,1H3. The molecule has 0 fully saturated rings. The summed E-state index contributed by atoms with van der Waals surface area (Å²) in [5.74, 6) is 0. The van der Waals surface area contributed by atoms with Crippen LogP contribution in [0.25, 0.3) is 33.4 Å². The summed E-state index contributed by atoms with van der Waals surface area (Å²) in [6.07, 6.45) is 0. The number of hydrogen-bond donors (Lipinski definition) is 0. The molecule has 0 atom stereocenters. The maximum absolute atomic E-state index is 3.81. The van der Waals surface area contributed by atoms with Crippen LogP contribution >= 0.6 is 63.7 Å². The number of fused-ring (bicyclic) bond motifs is 3. The minimum atomic E-state index is -0.538. The summed E-state index contributed by atoms with van der Waals surface area (Å²) >= 11 is 15.2. The van der Waals surface area contributed by atoms with Gasteiger partial charge in [-0.3, -0.25) is 0 Å². The van der Waals surface area contributed by atoms with Crippen molar-refractivity contribution in [3.8, 4) is 33.4 Å². The summed E-state index contributed by atoms with van der Waals surface area (Å²) in [5.41, 5.74) is 13.1. The van der Waals surface area contributed by atoms with Gasteiger partial charge in [-0.25, -0.2) is 0 Å². The number of halogens is 4. The lowest BCUT2D eigenvalue weighted by atomic mass is 9.67. The molecule has 0 aliphatic heterocycles. The zero-order valence-corrected chi connectivity index (χ0v) is 29.0. The van der Waals surface area contributed by atoms with Gasteiger partial charge in [-0.05, 0) is 105 Å². The normalized spacial score (nSPS) is 13.1. The fraction of sp³-hybridized carbons (Fsp3) is 0.0526. The first-order valence-electron chi connectivity index (χ1n) is 13.7. The predicted octanol–water partition coefficient (Wildman–Crippen LogP) is 12.7. The Bertz CT molecular complexity index is 1900. The van der Waals surface area contributed by atoms with E-state index in [1.807, 2.05) is 0 Å². The Morgan fingerprint density at radius 1 is 0.429 bits per heavy atom. The average Bonchev–Trinajstić information content (AvgIpc) is 3.27. The molecular formula is C38H24Br4. The van der Waals surface area contributed by atoms with Crippen molar-refractivity contribution in [2.75, 3.05) is 0 Å². The van der Waals surface area contributed by atoms with E-state index in [2.05, 4.69) is 198 Å². The Labute approximate surface area is 280 Å². The molecule has 0 N–H and O–H groups in total. The van der Waals surface area contributed by atoms with Crippen molar-refractivity contribution >= 4 is 63.7 Å². The molecule has 0 bridgehead atoms. The van der Waals surface area contributed by atoms with Crippen molar-refractivity contribution in [2.45, 2.75) is 12.3 Å². The molecule has 0 spiro atoms. The van der Waals surface area contributed by atoms with Crippen LogP contribution in [0.5, 0.6) is 0 Å². The molecule has 0 nitrogen and oxygen atoms in total. The lowest BCUT2D eigenvalue weighted by molar-refractivity contribution is 0.765. The van der Waals surface area contributed by atoms with Crippen LogP contribution in [0.15, 0.2) is 145 Å². The third kappa shape index (κ3) is 4.68. The third-order valence-corrected chi connectivity index (χ3v) is 10.0. The Morgan fingerprint density at radius 3 is 1.64 bits per heavy atom. The first-order chi connectivity index (χ1) is 20.3. The molecule has 6 aromatic carbocycles. The van der Waals surface area contributed by atoms with E-state index in [1.54, 1.807) is 0 Å². The van der Waals surface area contributed by atoms with Gasteiger partial charge in [0.25, 0.3) is 0 Å². The monoisotopic (exact) mass is 796 g/mol. The molecule has 0 heterocycles. The number of rotatable bonds is 4. The Hall–Kier alpha value is -2.76. The molecule has 204 valence electrons. The summed E-state index contributed by atoms with van der Waals surface area (Å²) in [7, 11) is 0. The van der Waals surface area contributed by atoms with E-state index >= 15 is 0 Å². The molecular weight excluding hydrogens is 776 g/mol. The zero-order valence-electron chi connectivity index (χ0n) is 22.6. The molecule has 7 rings (SSSR count).